The zero-order chi connectivity index (χ0) is 19.4. The number of benzene rings is 1. The molecule has 1 aromatic rings. The number of nitrogens with zero attached hydrogens (tertiary/aromatic N) is 2. The van der Waals surface area contributed by atoms with Crippen LogP contribution in [0.15, 0.2) is 23.8 Å². The van der Waals surface area contributed by atoms with E-state index in [1.54, 1.807) is 25.1 Å². The summed E-state index contributed by atoms with van der Waals surface area (Å²) in [6.45, 7) is 1.83. The summed E-state index contributed by atoms with van der Waals surface area (Å²) in [7, 11) is 3.05. The average Bonchev–Trinajstić information content (AvgIpc) is 2.61. The highest BCUT2D eigenvalue weighted by molar-refractivity contribution is 14.1. The van der Waals surface area contributed by atoms with Crippen LogP contribution in [0.3, 0.4) is 0 Å². The Balaban J connectivity index is 2.22. The standard InChI is InChI=1S/C17H17IN2O5S/c1-4-24-14(21)9-25-13-6-5-10(8-12(13)18)7-11-15(22)19(2)17(26)20(3)16(11)23/h5-8H,4,9H2,1-3H3. The molecule has 1 heterocycles. The fraction of sp³-hybridized carbons (Fsp3) is 0.294. The first kappa shape index (κ1) is 20.3. The van der Waals surface area contributed by atoms with Crippen molar-refractivity contribution in [1.82, 2.24) is 9.80 Å². The SMILES string of the molecule is CCOC(=O)COc1ccc(C=C2C(=O)N(C)C(=S)N(C)C2=O)cc1I. The Labute approximate surface area is 170 Å². The lowest BCUT2D eigenvalue weighted by atomic mass is 10.1. The molecular weight excluding hydrogens is 471 g/mol. The molecule has 1 aliphatic heterocycles. The fourth-order valence-electron chi connectivity index (χ4n) is 2.20. The van der Waals surface area contributed by atoms with Gasteiger partial charge in [-0.05, 0) is 65.5 Å². The largest absolute Gasteiger partial charge is 0.481 e. The van der Waals surface area contributed by atoms with Crippen molar-refractivity contribution < 1.29 is 23.9 Å². The Morgan fingerprint density at radius 3 is 2.38 bits per heavy atom. The van der Waals surface area contributed by atoms with Crippen LogP contribution < -0.4 is 4.74 Å². The highest BCUT2D eigenvalue weighted by atomic mass is 127. The van der Waals surface area contributed by atoms with Crippen LogP contribution in [0.2, 0.25) is 0 Å². The van der Waals surface area contributed by atoms with Crippen molar-refractivity contribution in [3.63, 3.8) is 0 Å². The Morgan fingerprint density at radius 1 is 1.23 bits per heavy atom. The average molecular weight is 488 g/mol. The molecule has 0 N–H and O–H groups in total. The smallest absolute Gasteiger partial charge is 0.344 e. The molecule has 1 saturated heterocycles. The molecule has 9 heteroatoms. The molecule has 0 spiro atoms. The molecule has 0 aliphatic carbocycles. The van der Waals surface area contributed by atoms with Gasteiger partial charge >= 0.3 is 5.97 Å². The third-order valence-corrected chi connectivity index (χ3v) is 4.95. The lowest BCUT2D eigenvalue weighted by Gasteiger charge is -2.31. The number of rotatable bonds is 5. The molecule has 26 heavy (non-hydrogen) atoms. The van der Waals surface area contributed by atoms with E-state index in [9.17, 15) is 14.4 Å². The van der Waals surface area contributed by atoms with E-state index in [1.807, 2.05) is 0 Å². The zero-order valence-corrected chi connectivity index (χ0v) is 17.4. The fourth-order valence-corrected chi connectivity index (χ4v) is 3.07. The molecule has 7 nitrogen and oxygen atoms in total. The van der Waals surface area contributed by atoms with Gasteiger partial charge < -0.3 is 9.47 Å². The molecule has 0 aromatic heterocycles. The molecule has 2 rings (SSSR count). The number of likely N-dealkylation sites (N-methyl/N-ethyl adjacent to an activating group) is 2. The monoisotopic (exact) mass is 488 g/mol. The number of ether oxygens (including phenoxy) is 2. The minimum Gasteiger partial charge on any atom is -0.481 e. The highest BCUT2D eigenvalue weighted by Crippen LogP contribution is 2.25. The van der Waals surface area contributed by atoms with E-state index >= 15 is 0 Å². The Kier molecular flexibility index (Phi) is 6.70. The van der Waals surface area contributed by atoms with Crippen LogP contribution in [0.25, 0.3) is 6.08 Å². The summed E-state index contributed by atoms with van der Waals surface area (Å²) in [4.78, 5) is 38.5. The maximum absolute atomic E-state index is 12.3. The third kappa shape index (κ3) is 4.39. The molecule has 1 fully saturated rings. The molecule has 0 bridgehead atoms. The van der Waals surface area contributed by atoms with Crippen LogP contribution >= 0.6 is 34.8 Å². The van der Waals surface area contributed by atoms with Gasteiger partial charge in [0.15, 0.2) is 11.7 Å². The molecular formula is C17H17IN2O5S. The van der Waals surface area contributed by atoms with Crippen LogP contribution in [0.4, 0.5) is 0 Å². The number of hydrogen-bond acceptors (Lipinski definition) is 6. The Hall–Kier alpha value is -2.01. The number of carbonyl (C=O) groups excluding carboxylic acids is 3. The maximum atomic E-state index is 12.3. The number of halogens is 1. The summed E-state index contributed by atoms with van der Waals surface area (Å²) in [5, 5.41) is 0.162. The lowest BCUT2D eigenvalue weighted by molar-refractivity contribution is -0.145. The van der Waals surface area contributed by atoms with Crippen LogP contribution in [-0.2, 0) is 19.1 Å². The van der Waals surface area contributed by atoms with E-state index in [2.05, 4.69) is 22.6 Å². The van der Waals surface area contributed by atoms with Gasteiger partial charge in [0.2, 0.25) is 0 Å². The van der Waals surface area contributed by atoms with E-state index in [0.717, 1.165) is 3.57 Å². The number of esters is 1. The van der Waals surface area contributed by atoms with Gasteiger partial charge in [0.1, 0.15) is 11.3 Å². The van der Waals surface area contributed by atoms with Crippen molar-refractivity contribution in [3.05, 3.63) is 32.9 Å². The van der Waals surface area contributed by atoms with Crippen LogP contribution in [0.1, 0.15) is 12.5 Å². The third-order valence-electron chi connectivity index (χ3n) is 3.56. The molecule has 1 aliphatic rings. The van der Waals surface area contributed by atoms with Crippen molar-refractivity contribution in [1.29, 1.82) is 0 Å². The summed E-state index contributed by atoms with van der Waals surface area (Å²) >= 11 is 7.11. The first-order valence-corrected chi connectivity index (χ1v) is 9.14. The van der Waals surface area contributed by atoms with Crippen molar-refractivity contribution in [3.8, 4) is 5.75 Å². The lowest BCUT2D eigenvalue weighted by Crippen LogP contribution is -2.52. The predicted molar refractivity (Wildman–Crippen MR) is 107 cm³/mol. The molecule has 1 aromatic carbocycles. The number of thiocarbonyl (C=S) groups is 1. The summed E-state index contributed by atoms with van der Waals surface area (Å²) in [5.74, 6) is -0.834. The van der Waals surface area contributed by atoms with Gasteiger partial charge in [-0.1, -0.05) is 6.07 Å². The van der Waals surface area contributed by atoms with Crippen LogP contribution in [0.5, 0.6) is 5.75 Å². The first-order valence-electron chi connectivity index (χ1n) is 7.66. The minimum atomic E-state index is -0.449. The summed E-state index contributed by atoms with van der Waals surface area (Å²) < 4.78 is 11.0. The van der Waals surface area contributed by atoms with Crippen molar-refractivity contribution >= 4 is 63.8 Å². The quantitative estimate of drug-likeness (QED) is 0.207. The Bertz CT molecular complexity index is 782. The summed E-state index contributed by atoms with van der Waals surface area (Å²) in [6.07, 6.45) is 1.51. The van der Waals surface area contributed by atoms with E-state index in [0.29, 0.717) is 17.9 Å². The molecule has 0 unspecified atom stereocenters. The van der Waals surface area contributed by atoms with Crippen LogP contribution in [0, 0.1) is 3.57 Å². The van der Waals surface area contributed by atoms with E-state index in [1.165, 1.54) is 30.0 Å². The first-order chi connectivity index (χ1) is 12.3. The molecule has 2 amide bonds. The van der Waals surface area contributed by atoms with Gasteiger partial charge in [-0.25, -0.2) is 4.79 Å². The maximum Gasteiger partial charge on any atom is 0.344 e. The van der Waals surface area contributed by atoms with E-state index in [4.69, 9.17) is 21.7 Å². The van der Waals surface area contributed by atoms with Gasteiger partial charge in [0, 0.05) is 14.1 Å². The predicted octanol–water partition coefficient (Wildman–Crippen LogP) is 1.83. The summed E-state index contributed by atoms with van der Waals surface area (Å²) in [5.41, 5.74) is 0.684. The van der Waals surface area contributed by atoms with Gasteiger partial charge in [-0.3, -0.25) is 19.4 Å². The van der Waals surface area contributed by atoms with E-state index in [-0.39, 0.29) is 17.3 Å². The van der Waals surface area contributed by atoms with Crippen molar-refractivity contribution in [2.45, 2.75) is 6.92 Å². The van der Waals surface area contributed by atoms with Gasteiger partial charge in [0.25, 0.3) is 11.8 Å². The second-order valence-electron chi connectivity index (χ2n) is 5.35. The van der Waals surface area contributed by atoms with Crippen molar-refractivity contribution in [2.24, 2.45) is 0 Å². The topological polar surface area (TPSA) is 76.2 Å². The highest BCUT2D eigenvalue weighted by Gasteiger charge is 2.35. The molecule has 0 radical (unpaired) electrons. The number of amides is 2. The molecule has 0 atom stereocenters. The second kappa shape index (κ2) is 8.58. The van der Waals surface area contributed by atoms with Crippen molar-refractivity contribution in [2.75, 3.05) is 27.3 Å². The summed E-state index contributed by atoms with van der Waals surface area (Å²) in [6, 6.07) is 5.12. The minimum absolute atomic E-state index is 0.0274. The number of carbonyl (C=O) groups is 3. The van der Waals surface area contributed by atoms with Crippen LogP contribution in [-0.4, -0.2) is 60.0 Å². The number of hydrogen-bond donors (Lipinski definition) is 0. The van der Waals surface area contributed by atoms with Gasteiger partial charge in [0.05, 0.1) is 10.2 Å². The zero-order valence-electron chi connectivity index (χ0n) is 14.4. The molecule has 138 valence electrons. The molecule has 0 saturated carbocycles. The van der Waals surface area contributed by atoms with E-state index < -0.39 is 17.8 Å². The van der Waals surface area contributed by atoms with Gasteiger partial charge in [-0.15, -0.1) is 0 Å². The normalized spacial score (nSPS) is 14.6. The Morgan fingerprint density at radius 2 is 1.85 bits per heavy atom. The second-order valence-corrected chi connectivity index (χ2v) is 6.88. The van der Waals surface area contributed by atoms with Gasteiger partial charge in [-0.2, -0.15) is 0 Å².